The van der Waals surface area contributed by atoms with Gasteiger partial charge in [-0.3, -0.25) is 19.3 Å². The molecule has 1 aromatic heterocycles. The molecule has 2 unspecified atom stereocenters. The summed E-state index contributed by atoms with van der Waals surface area (Å²) >= 11 is 1.44. The summed E-state index contributed by atoms with van der Waals surface area (Å²) in [6.07, 6.45) is 0.818. The van der Waals surface area contributed by atoms with Crippen LogP contribution in [-0.4, -0.2) is 46.5 Å². The van der Waals surface area contributed by atoms with Crippen molar-refractivity contribution in [3.63, 3.8) is 0 Å². The van der Waals surface area contributed by atoms with Crippen molar-refractivity contribution in [2.24, 2.45) is 0 Å². The topological polar surface area (TPSA) is 75.0 Å². The van der Waals surface area contributed by atoms with Crippen molar-refractivity contribution in [2.75, 3.05) is 24.8 Å². The number of nitrogens with zero attached hydrogens (tertiary/aromatic N) is 3. The van der Waals surface area contributed by atoms with Crippen molar-refractivity contribution in [3.8, 4) is 5.75 Å². The average molecular weight is 534 g/mol. The van der Waals surface area contributed by atoms with E-state index >= 15 is 4.39 Å². The molecule has 3 aliphatic rings. The fraction of sp³-hybridized carbons (Fsp3) is 0.214. The van der Waals surface area contributed by atoms with E-state index in [2.05, 4.69) is 0 Å². The molecule has 0 aliphatic carbocycles. The van der Waals surface area contributed by atoms with E-state index in [4.69, 9.17) is 4.74 Å². The smallest absolute Gasteiger partial charge is 0.278 e. The molecule has 0 spiro atoms. The normalized spacial score (nSPS) is 20.4. The number of benzene rings is 3. The first-order valence-corrected chi connectivity index (χ1v) is 13.2. The number of aromatic hydroxyl groups is 1. The van der Waals surface area contributed by atoms with E-state index in [-0.39, 0.29) is 30.2 Å². The SMILES string of the molecule is O=C1c2c(O)c(=O)ccn2N(C2c3ccc(F)c(F)c3CSc3c2ccc2ccccc32)C2COCCN12. The number of pyridine rings is 1. The van der Waals surface area contributed by atoms with Gasteiger partial charge in [0, 0.05) is 35.0 Å². The average Bonchev–Trinajstić information content (AvgIpc) is 3.10. The Hall–Kier alpha value is -3.89. The molecule has 0 radical (unpaired) electrons. The Labute approximate surface area is 219 Å². The second-order valence-electron chi connectivity index (χ2n) is 9.48. The summed E-state index contributed by atoms with van der Waals surface area (Å²) < 4.78 is 37.1. The van der Waals surface area contributed by atoms with Crippen LogP contribution in [0, 0.1) is 11.6 Å². The first-order chi connectivity index (χ1) is 18.5. The van der Waals surface area contributed by atoms with Crippen LogP contribution in [0.1, 0.15) is 33.2 Å². The molecule has 0 saturated carbocycles. The molecule has 10 heteroatoms. The predicted molar refractivity (Wildman–Crippen MR) is 138 cm³/mol. The third-order valence-corrected chi connectivity index (χ3v) is 8.71. The van der Waals surface area contributed by atoms with Gasteiger partial charge in [-0.05, 0) is 28.0 Å². The largest absolute Gasteiger partial charge is 0.502 e. The van der Waals surface area contributed by atoms with Crippen molar-refractivity contribution in [1.29, 1.82) is 0 Å². The molecule has 1 amide bonds. The minimum atomic E-state index is -0.933. The molecule has 1 saturated heterocycles. The molecule has 3 aromatic carbocycles. The molecule has 3 aliphatic heterocycles. The lowest BCUT2D eigenvalue weighted by Crippen LogP contribution is -2.66. The Balaban J connectivity index is 1.57. The van der Waals surface area contributed by atoms with Crippen LogP contribution in [0.5, 0.6) is 5.75 Å². The molecule has 7 nitrogen and oxygen atoms in total. The molecule has 2 atom stereocenters. The van der Waals surface area contributed by atoms with Crippen LogP contribution >= 0.6 is 11.8 Å². The van der Waals surface area contributed by atoms with Crippen LogP contribution < -0.4 is 10.4 Å². The highest BCUT2D eigenvalue weighted by Crippen LogP contribution is 2.47. The summed E-state index contributed by atoms with van der Waals surface area (Å²) in [5.74, 6) is -2.78. The number of fused-ring (bicyclic) bond motifs is 6. The third kappa shape index (κ3) is 3.23. The number of hydrogen-bond donors (Lipinski definition) is 1. The van der Waals surface area contributed by atoms with Gasteiger partial charge in [0.05, 0.1) is 19.3 Å². The quantitative estimate of drug-likeness (QED) is 0.397. The van der Waals surface area contributed by atoms with Crippen LogP contribution in [0.2, 0.25) is 0 Å². The molecule has 7 rings (SSSR count). The zero-order chi connectivity index (χ0) is 26.1. The molecule has 0 bridgehead atoms. The second kappa shape index (κ2) is 8.57. The van der Waals surface area contributed by atoms with E-state index in [0.717, 1.165) is 27.3 Å². The van der Waals surface area contributed by atoms with Crippen LogP contribution in [0.4, 0.5) is 8.78 Å². The monoisotopic (exact) mass is 533 g/mol. The number of amides is 1. The number of aromatic nitrogens is 1. The maximum Gasteiger partial charge on any atom is 0.278 e. The Morgan fingerprint density at radius 2 is 1.82 bits per heavy atom. The maximum absolute atomic E-state index is 15.4. The zero-order valence-electron chi connectivity index (χ0n) is 19.9. The Kier molecular flexibility index (Phi) is 5.24. The fourth-order valence-corrected chi connectivity index (χ4v) is 7.04. The molecule has 4 heterocycles. The van der Waals surface area contributed by atoms with E-state index < -0.39 is 40.9 Å². The van der Waals surface area contributed by atoms with Gasteiger partial charge in [0.2, 0.25) is 5.43 Å². The summed E-state index contributed by atoms with van der Waals surface area (Å²) in [5.41, 5.74) is 0.760. The van der Waals surface area contributed by atoms with Crippen molar-refractivity contribution < 1.29 is 23.4 Å². The molecule has 4 aromatic rings. The minimum absolute atomic E-state index is 0.156. The van der Waals surface area contributed by atoms with Gasteiger partial charge >= 0.3 is 0 Å². The van der Waals surface area contributed by atoms with E-state index in [0.29, 0.717) is 12.2 Å². The van der Waals surface area contributed by atoms with Gasteiger partial charge in [-0.1, -0.05) is 42.5 Å². The molecular weight excluding hydrogens is 512 g/mol. The summed E-state index contributed by atoms with van der Waals surface area (Å²) in [6.45, 7) is 0.703. The van der Waals surface area contributed by atoms with Crippen molar-refractivity contribution in [2.45, 2.75) is 22.9 Å². The van der Waals surface area contributed by atoms with Crippen molar-refractivity contribution in [1.82, 2.24) is 9.58 Å². The van der Waals surface area contributed by atoms with Gasteiger partial charge in [-0.25, -0.2) is 8.78 Å². The summed E-state index contributed by atoms with van der Waals surface area (Å²) in [6, 6.07) is 15.0. The van der Waals surface area contributed by atoms with Gasteiger partial charge in [0.25, 0.3) is 5.91 Å². The van der Waals surface area contributed by atoms with Crippen LogP contribution in [0.3, 0.4) is 0 Å². The first kappa shape index (κ1) is 23.2. The Morgan fingerprint density at radius 1 is 1.00 bits per heavy atom. The highest BCUT2D eigenvalue weighted by atomic mass is 32.2. The standard InChI is InChI=1S/C28H21F2N3O4S/c29-20-8-7-17-19(23(20)30)14-38-27-16-4-2-1-3-15(16)5-6-18(27)24(17)33-22-13-37-12-11-31(22)28(36)25-26(35)21(34)9-10-32(25)33/h1-10,22,24,35H,11-14H2. The van der Waals surface area contributed by atoms with Gasteiger partial charge in [-0.15, -0.1) is 11.8 Å². The molecule has 1 N–H and O–H groups in total. The van der Waals surface area contributed by atoms with Gasteiger partial charge < -0.3 is 14.7 Å². The number of hydrogen-bond acceptors (Lipinski definition) is 6. The molecular formula is C28H21F2N3O4S. The van der Waals surface area contributed by atoms with Crippen LogP contribution in [0.15, 0.2) is 70.5 Å². The number of carbonyl (C=O) groups is 1. The van der Waals surface area contributed by atoms with Crippen LogP contribution in [0.25, 0.3) is 10.8 Å². The highest BCUT2D eigenvalue weighted by molar-refractivity contribution is 7.98. The third-order valence-electron chi connectivity index (χ3n) is 7.53. The first-order valence-electron chi connectivity index (χ1n) is 12.2. The number of halogens is 2. The molecule has 1 fully saturated rings. The maximum atomic E-state index is 15.4. The number of morpholine rings is 1. The van der Waals surface area contributed by atoms with Gasteiger partial charge in [0.1, 0.15) is 6.17 Å². The number of carbonyl (C=O) groups excluding carboxylic acids is 1. The summed E-state index contributed by atoms with van der Waals surface area (Å²) in [4.78, 5) is 28.4. The number of ether oxygens (including phenoxy) is 1. The predicted octanol–water partition coefficient (Wildman–Crippen LogP) is 4.13. The zero-order valence-corrected chi connectivity index (χ0v) is 20.8. The van der Waals surface area contributed by atoms with Crippen molar-refractivity contribution >= 4 is 28.4 Å². The Bertz CT molecular complexity index is 1710. The second-order valence-corrected chi connectivity index (χ2v) is 10.5. The fourth-order valence-electron chi connectivity index (χ4n) is 5.78. The van der Waals surface area contributed by atoms with E-state index in [1.807, 2.05) is 41.4 Å². The van der Waals surface area contributed by atoms with E-state index in [1.54, 1.807) is 11.0 Å². The molecule has 192 valence electrons. The van der Waals surface area contributed by atoms with E-state index in [9.17, 15) is 19.1 Å². The summed E-state index contributed by atoms with van der Waals surface area (Å²) in [5, 5.41) is 14.6. The number of rotatable bonds is 1. The van der Waals surface area contributed by atoms with E-state index in [1.165, 1.54) is 28.7 Å². The van der Waals surface area contributed by atoms with Crippen molar-refractivity contribution in [3.05, 3.63) is 105 Å². The lowest BCUT2D eigenvalue weighted by molar-refractivity contribution is -0.0197. The van der Waals surface area contributed by atoms with Crippen LogP contribution in [-0.2, 0) is 10.5 Å². The molecule has 38 heavy (non-hydrogen) atoms. The minimum Gasteiger partial charge on any atom is -0.502 e. The van der Waals surface area contributed by atoms with Gasteiger partial charge in [0.15, 0.2) is 23.1 Å². The summed E-state index contributed by atoms with van der Waals surface area (Å²) in [7, 11) is 0. The number of thioether (sulfide) groups is 1. The lowest BCUT2D eigenvalue weighted by Gasteiger charge is -2.51. The lowest BCUT2D eigenvalue weighted by atomic mass is 9.91. The van der Waals surface area contributed by atoms with Gasteiger partial charge in [-0.2, -0.15) is 0 Å². The Morgan fingerprint density at radius 3 is 2.68 bits per heavy atom. The highest BCUT2D eigenvalue weighted by Gasteiger charge is 2.46.